The number of amides is 2. The molecule has 0 saturated heterocycles. The molecule has 1 heterocycles. The van der Waals surface area contributed by atoms with Crippen LogP contribution in [0.25, 0.3) is 0 Å². The summed E-state index contributed by atoms with van der Waals surface area (Å²) in [5, 5.41) is 0.477. The second-order valence-corrected chi connectivity index (χ2v) is 6.67. The van der Waals surface area contributed by atoms with Crippen molar-refractivity contribution in [1.82, 2.24) is 0 Å². The highest BCUT2D eigenvalue weighted by Gasteiger charge is 2.38. The lowest BCUT2D eigenvalue weighted by atomic mass is 10.1. The average molecular weight is 429 g/mol. The Kier molecular flexibility index (Phi) is 3.67. The summed E-state index contributed by atoms with van der Waals surface area (Å²) in [6.07, 6.45) is 0. The Bertz CT molecular complexity index is 770. The molecule has 3 rings (SSSR count). The maximum Gasteiger partial charge on any atom is 0.266 e. The highest BCUT2D eigenvalue weighted by molar-refractivity contribution is 9.11. The molecule has 0 saturated carbocycles. The molecule has 21 heavy (non-hydrogen) atoms. The summed E-state index contributed by atoms with van der Waals surface area (Å²) in [6.45, 7) is 1.85. The first kappa shape index (κ1) is 14.8. The first-order chi connectivity index (χ1) is 9.93. The van der Waals surface area contributed by atoms with Gasteiger partial charge >= 0.3 is 0 Å². The van der Waals surface area contributed by atoms with E-state index < -0.39 is 0 Å². The standard InChI is InChI=1S/C15H8Br2ClNO2/c1-7-6-10(16)13(11(17)12(7)18)19-14(20)8-4-2-3-5-9(8)15(19)21/h2-6H,1H3. The van der Waals surface area contributed by atoms with Crippen LogP contribution in [0.1, 0.15) is 26.3 Å². The van der Waals surface area contributed by atoms with E-state index in [4.69, 9.17) is 11.6 Å². The van der Waals surface area contributed by atoms with Crippen molar-refractivity contribution >= 4 is 61.0 Å². The maximum atomic E-state index is 12.5. The quantitative estimate of drug-likeness (QED) is 0.474. The second kappa shape index (κ2) is 5.23. The van der Waals surface area contributed by atoms with Crippen molar-refractivity contribution in [1.29, 1.82) is 0 Å². The normalized spacial score (nSPS) is 13.8. The number of carbonyl (C=O) groups is 2. The van der Waals surface area contributed by atoms with Crippen molar-refractivity contribution in [2.24, 2.45) is 0 Å². The van der Waals surface area contributed by atoms with Crippen molar-refractivity contribution < 1.29 is 9.59 Å². The number of anilines is 1. The van der Waals surface area contributed by atoms with Gasteiger partial charge in [-0.2, -0.15) is 0 Å². The number of nitrogens with zero attached hydrogens (tertiary/aromatic N) is 1. The molecular weight excluding hydrogens is 421 g/mol. The van der Waals surface area contributed by atoms with E-state index in [1.807, 2.05) is 6.92 Å². The molecule has 2 amide bonds. The molecule has 0 spiro atoms. The molecule has 2 aromatic rings. The van der Waals surface area contributed by atoms with Gasteiger partial charge in [0.15, 0.2) is 0 Å². The predicted molar refractivity (Wildman–Crippen MR) is 89.2 cm³/mol. The van der Waals surface area contributed by atoms with E-state index in [1.54, 1.807) is 30.3 Å². The van der Waals surface area contributed by atoms with Crippen molar-refractivity contribution in [3.05, 3.63) is 61.0 Å². The molecule has 0 aromatic heterocycles. The lowest BCUT2D eigenvalue weighted by Gasteiger charge is -2.19. The van der Waals surface area contributed by atoms with Crippen molar-refractivity contribution in [3.63, 3.8) is 0 Å². The number of aryl methyl sites for hydroxylation is 1. The zero-order chi connectivity index (χ0) is 15.3. The Labute approximate surface area is 143 Å². The molecule has 0 aliphatic carbocycles. The van der Waals surface area contributed by atoms with Crippen LogP contribution in [0.5, 0.6) is 0 Å². The Balaban J connectivity index is 2.23. The third-order valence-corrected chi connectivity index (χ3v) is 5.43. The molecule has 1 aliphatic rings. The molecule has 2 aromatic carbocycles. The number of carbonyl (C=O) groups excluding carboxylic acids is 2. The first-order valence-electron chi connectivity index (χ1n) is 6.05. The van der Waals surface area contributed by atoms with E-state index in [9.17, 15) is 9.59 Å². The molecule has 0 atom stereocenters. The van der Waals surface area contributed by atoms with Gasteiger partial charge in [-0.3, -0.25) is 9.59 Å². The number of imide groups is 1. The van der Waals surface area contributed by atoms with Gasteiger partial charge in [-0.15, -0.1) is 0 Å². The van der Waals surface area contributed by atoms with Crippen molar-refractivity contribution in [3.8, 4) is 0 Å². The molecule has 0 radical (unpaired) electrons. The smallest absolute Gasteiger partial charge is 0.266 e. The fourth-order valence-electron chi connectivity index (χ4n) is 2.30. The highest BCUT2D eigenvalue weighted by atomic mass is 79.9. The van der Waals surface area contributed by atoms with Crippen LogP contribution in [-0.4, -0.2) is 11.8 Å². The van der Waals surface area contributed by atoms with E-state index >= 15 is 0 Å². The molecule has 1 aliphatic heterocycles. The first-order valence-corrected chi connectivity index (χ1v) is 8.01. The van der Waals surface area contributed by atoms with Gasteiger partial charge in [0.2, 0.25) is 0 Å². The number of halogens is 3. The summed E-state index contributed by atoms with van der Waals surface area (Å²) in [5.74, 6) is -0.700. The molecule has 6 heteroatoms. The van der Waals surface area contributed by atoms with Gasteiger partial charge in [0.25, 0.3) is 11.8 Å². The van der Waals surface area contributed by atoms with Gasteiger partial charge in [-0.25, -0.2) is 4.90 Å². The summed E-state index contributed by atoms with van der Waals surface area (Å²) < 4.78 is 1.15. The van der Waals surface area contributed by atoms with Crippen LogP contribution in [-0.2, 0) is 0 Å². The molecule has 0 bridgehead atoms. The van der Waals surface area contributed by atoms with Crippen LogP contribution in [0.15, 0.2) is 39.3 Å². The fraction of sp³-hybridized carbons (Fsp3) is 0.0667. The van der Waals surface area contributed by atoms with Gasteiger partial charge in [-0.05, 0) is 62.5 Å². The van der Waals surface area contributed by atoms with E-state index in [1.165, 1.54) is 0 Å². The molecule has 0 fully saturated rings. The topological polar surface area (TPSA) is 37.4 Å². The molecule has 0 N–H and O–H groups in total. The molecule has 0 unspecified atom stereocenters. The molecular formula is C15H8Br2ClNO2. The number of fused-ring (bicyclic) bond motifs is 1. The fourth-order valence-corrected chi connectivity index (χ4v) is 4.13. The van der Waals surface area contributed by atoms with E-state index in [-0.39, 0.29) is 11.8 Å². The Hall–Kier alpha value is -1.17. The Morgan fingerprint density at radius 1 is 1.05 bits per heavy atom. The van der Waals surface area contributed by atoms with Crippen LogP contribution in [0.2, 0.25) is 5.02 Å². The monoisotopic (exact) mass is 427 g/mol. The summed E-state index contributed by atoms with van der Waals surface area (Å²) in [5.41, 5.74) is 2.07. The minimum Gasteiger partial charge on any atom is -0.268 e. The summed E-state index contributed by atoms with van der Waals surface area (Å²) in [6, 6.07) is 8.55. The van der Waals surface area contributed by atoms with Crippen LogP contribution in [0, 0.1) is 6.92 Å². The van der Waals surface area contributed by atoms with E-state index in [0.717, 1.165) is 10.5 Å². The Morgan fingerprint density at radius 2 is 1.57 bits per heavy atom. The van der Waals surface area contributed by atoms with Crippen LogP contribution >= 0.6 is 43.5 Å². The maximum absolute atomic E-state index is 12.5. The lowest BCUT2D eigenvalue weighted by molar-refractivity contribution is 0.0926. The second-order valence-electron chi connectivity index (χ2n) is 4.64. The van der Waals surface area contributed by atoms with Gasteiger partial charge in [0, 0.05) is 4.47 Å². The van der Waals surface area contributed by atoms with Crippen LogP contribution < -0.4 is 4.90 Å². The van der Waals surface area contributed by atoms with Crippen LogP contribution in [0.3, 0.4) is 0 Å². The largest absolute Gasteiger partial charge is 0.268 e. The zero-order valence-electron chi connectivity index (χ0n) is 10.8. The van der Waals surface area contributed by atoms with Crippen LogP contribution in [0.4, 0.5) is 5.69 Å². The summed E-state index contributed by atoms with van der Waals surface area (Å²) in [4.78, 5) is 26.2. The van der Waals surface area contributed by atoms with Gasteiger partial charge in [0.1, 0.15) is 0 Å². The van der Waals surface area contributed by atoms with E-state index in [0.29, 0.717) is 30.8 Å². The predicted octanol–water partition coefficient (Wildman–Crippen LogP) is 4.97. The van der Waals surface area contributed by atoms with Crippen molar-refractivity contribution in [2.75, 3.05) is 4.90 Å². The number of rotatable bonds is 1. The molecule has 3 nitrogen and oxygen atoms in total. The number of benzene rings is 2. The average Bonchev–Trinajstić information content (AvgIpc) is 2.71. The third-order valence-electron chi connectivity index (χ3n) is 3.33. The number of hydrogen-bond acceptors (Lipinski definition) is 2. The summed E-state index contributed by atoms with van der Waals surface area (Å²) >= 11 is 13.0. The van der Waals surface area contributed by atoms with Gasteiger partial charge in [0.05, 0.1) is 26.3 Å². The van der Waals surface area contributed by atoms with Gasteiger partial charge < -0.3 is 0 Å². The van der Waals surface area contributed by atoms with E-state index in [2.05, 4.69) is 31.9 Å². The van der Waals surface area contributed by atoms with Crippen molar-refractivity contribution in [2.45, 2.75) is 6.92 Å². The Morgan fingerprint density at radius 3 is 2.10 bits per heavy atom. The third kappa shape index (κ3) is 2.15. The van der Waals surface area contributed by atoms with Gasteiger partial charge in [-0.1, -0.05) is 23.7 Å². The minimum absolute atomic E-state index is 0.350. The highest BCUT2D eigenvalue weighted by Crippen LogP contribution is 2.43. The summed E-state index contributed by atoms with van der Waals surface area (Å²) in [7, 11) is 0. The SMILES string of the molecule is Cc1cc(Br)c(N2C(=O)c3ccccc3C2=O)c(Br)c1Cl. The molecule has 106 valence electrons. The number of hydrogen-bond donors (Lipinski definition) is 0. The zero-order valence-corrected chi connectivity index (χ0v) is 14.7. The lowest BCUT2D eigenvalue weighted by Crippen LogP contribution is -2.30. The minimum atomic E-state index is -0.350.